The zero-order valence-electron chi connectivity index (χ0n) is 10.5. The normalized spacial score (nSPS) is 12.4. The molecule has 1 N–H and O–H groups in total. The molecule has 2 rings (SSSR count). The largest absolute Gasteiger partial charge is 0.306 e. The number of hydrogen-bond acceptors (Lipinski definition) is 1. The van der Waals surface area contributed by atoms with E-state index in [1.165, 1.54) is 16.7 Å². The Hall–Kier alpha value is -1.60. The predicted octanol–water partition coefficient (Wildman–Crippen LogP) is 3.85. The van der Waals surface area contributed by atoms with Crippen molar-refractivity contribution in [2.45, 2.75) is 26.4 Å². The van der Waals surface area contributed by atoms with Crippen molar-refractivity contribution in [3.63, 3.8) is 0 Å². The highest BCUT2D eigenvalue weighted by Crippen LogP contribution is 2.12. The molecule has 0 unspecified atom stereocenters. The average Bonchev–Trinajstić information content (AvgIpc) is 2.37. The summed E-state index contributed by atoms with van der Waals surface area (Å²) in [5.74, 6) is 0. The Labute approximate surface area is 103 Å². The minimum absolute atomic E-state index is 0.386. The van der Waals surface area contributed by atoms with Crippen molar-refractivity contribution < 1.29 is 0 Å². The van der Waals surface area contributed by atoms with Crippen LogP contribution in [0.5, 0.6) is 0 Å². The zero-order chi connectivity index (χ0) is 12.1. The minimum Gasteiger partial charge on any atom is -0.306 e. The molecule has 1 nitrogen and oxygen atoms in total. The van der Waals surface area contributed by atoms with Crippen LogP contribution in [0.1, 0.15) is 29.7 Å². The van der Waals surface area contributed by atoms with Gasteiger partial charge in [0.15, 0.2) is 0 Å². The van der Waals surface area contributed by atoms with Gasteiger partial charge in [-0.05, 0) is 25.0 Å². The number of benzene rings is 2. The lowest BCUT2D eigenvalue weighted by Gasteiger charge is -2.14. The molecule has 0 bridgehead atoms. The van der Waals surface area contributed by atoms with Crippen LogP contribution in [0.25, 0.3) is 0 Å². The quantitative estimate of drug-likeness (QED) is 0.833. The summed E-state index contributed by atoms with van der Waals surface area (Å²) < 4.78 is 0. The molecule has 17 heavy (non-hydrogen) atoms. The minimum atomic E-state index is 0.386. The van der Waals surface area contributed by atoms with E-state index in [1.54, 1.807) is 0 Å². The van der Waals surface area contributed by atoms with E-state index in [-0.39, 0.29) is 0 Å². The third-order valence-corrected chi connectivity index (χ3v) is 2.99. The van der Waals surface area contributed by atoms with Crippen LogP contribution in [-0.2, 0) is 6.54 Å². The van der Waals surface area contributed by atoms with Gasteiger partial charge in [-0.1, -0.05) is 60.2 Å². The molecule has 88 valence electrons. The second-order valence-electron chi connectivity index (χ2n) is 4.50. The van der Waals surface area contributed by atoms with Gasteiger partial charge >= 0.3 is 0 Å². The van der Waals surface area contributed by atoms with E-state index in [0.29, 0.717) is 6.04 Å². The summed E-state index contributed by atoms with van der Waals surface area (Å²) in [4.78, 5) is 0. The first kappa shape index (κ1) is 11.9. The molecule has 0 aromatic heterocycles. The molecular weight excluding hydrogens is 206 g/mol. The van der Waals surface area contributed by atoms with Gasteiger partial charge in [-0.25, -0.2) is 0 Å². The van der Waals surface area contributed by atoms with Crippen LogP contribution in [0.2, 0.25) is 0 Å². The van der Waals surface area contributed by atoms with Crippen LogP contribution >= 0.6 is 0 Å². The molecule has 0 saturated heterocycles. The SMILES string of the molecule is Cc1cccc(CN[C@H](C)c2ccccc2)c1. The maximum atomic E-state index is 3.54. The Bertz CT molecular complexity index is 462. The highest BCUT2D eigenvalue weighted by atomic mass is 14.9. The Morgan fingerprint density at radius 3 is 2.47 bits per heavy atom. The Morgan fingerprint density at radius 1 is 1.00 bits per heavy atom. The zero-order valence-corrected chi connectivity index (χ0v) is 10.5. The number of rotatable bonds is 4. The molecule has 0 amide bonds. The van der Waals surface area contributed by atoms with Crippen molar-refractivity contribution in [2.75, 3.05) is 0 Å². The van der Waals surface area contributed by atoms with Gasteiger partial charge in [0.2, 0.25) is 0 Å². The summed E-state index contributed by atoms with van der Waals surface area (Å²) in [5, 5.41) is 3.54. The summed E-state index contributed by atoms with van der Waals surface area (Å²) in [7, 11) is 0. The first-order valence-electron chi connectivity index (χ1n) is 6.09. The van der Waals surface area contributed by atoms with Gasteiger partial charge in [-0.3, -0.25) is 0 Å². The standard InChI is InChI=1S/C16H19N/c1-13-7-6-8-15(11-13)12-17-14(2)16-9-4-3-5-10-16/h3-11,14,17H,12H2,1-2H3/t14-/m1/s1. The maximum absolute atomic E-state index is 3.54. The second kappa shape index (κ2) is 5.65. The molecule has 0 saturated carbocycles. The summed E-state index contributed by atoms with van der Waals surface area (Å²) in [6.45, 7) is 5.24. The third kappa shape index (κ3) is 3.43. The fraction of sp³-hybridized carbons (Fsp3) is 0.250. The molecule has 2 aromatic carbocycles. The van der Waals surface area contributed by atoms with Crippen molar-refractivity contribution in [3.05, 3.63) is 71.3 Å². The second-order valence-corrected chi connectivity index (χ2v) is 4.50. The van der Waals surface area contributed by atoms with Gasteiger partial charge in [0.05, 0.1) is 0 Å². The first-order valence-corrected chi connectivity index (χ1v) is 6.09. The average molecular weight is 225 g/mol. The molecule has 1 atom stereocenters. The predicted molar refractivity (Wildman–Crippen MR) is 72.9 cm³/mol. The molecule has 0 spiro atoms. The molecule has 2 aromatic rings. The van der Waals surface area contributed by atoms with Crippen molar-refractivity contribution in [3.8, 4) is 0 Å². The highest BCUT2D eigenvalue weighted by molar-refractivity contribution is 5.23. The lowest BCUT2D eigenvalue weighted by Crippen LogP contribution is -2.17. The maximum Gasteiger partial charge on any atom is 0.0294 e. The molecule has 0 aliphatic carbocycles. The van der Waals surface area contributed by atoms with E-state index < -0.39 is 0 Å². The van der Waals surface area contributed by atoms with Gasteiger partial charge in [-0.2, -0.15) is 0 Å². The fourth-order valence-electron chi connectivity index (χ4n) is 1.95. The first-order chi connectivity index (χ1) is 8.25. The van der Waals surface area contributed by atoms with Crippen LogP contribution < -0.4 is 5.32 Å². The van der Waals surface area contributed by atoms with Crippen molar-refractivity contribution in [1.29, 1.82) is 0 Å². The summed E-state index contributed by atoms with van der Waals surface area (Å²) >= 11 is 0. The van der Waals surface area contributed by atoms with Gasteiger partial charge in [0.1, 0.15) is 0 Å². The van der Waals surface area contributed by atoms with E-state index >= 15 is 0 Å². The fourth-order valence-corrected chi connectivity index (χ4v) is 1.95. The van der Waals surface area contributed by atoms with E-state index in [4.69, 9.17) is 0 Å². The van der Waals surface area contributed by atoms with E-state index in [9.17, 15) is 0 Å². The topological polar surface area (TPSA) is 12.0 Å². The Balaban J connectivity index is 1.95. The van der Waals surface area contributed by atoms with Crippen LogP contribution in [0, 0.1) is 6.92 Å². The molecular formula is C16H19N. The smallest absolute Gasteiger partial charge is 0.0294 e. The highest BCUT2D eigenvalue weighted by Gasteiger charge is 2.03. The molecule has 0 radical (unpaired) electrons. The Kier molecular flexibility index (Phi) is 3.94. The summed E-state index contributed by atoms with van der Waals surface area (Å²) in [6, 6.07) is 19.6. The lowest BCUT2D eigenvalue weighted by atomic mass is 10.1. The van der Waals surface area contributed by atoms with E-state index in [1.807, 2.05) is 0 Å². The lowest BCUT2D eigenvalue weighted by molar-refractivity contribution is 0.574. The van der Waals surface area contributed by atoms with Crippen molar-refractivity contribution >= 4 is 0 Å². The van der Waals surface area contributed by atoms with Crippen LogP contribution in [-0.4, -0.2) is 0 Å². The molecule has 0 aliphatic heterocycles. The number of nitrogens with one attached hydrogen (secondary N) is 1. The van der Waals surface area contributed by atoms with Gasteiger partial charge < -0.3 is 5.32 Å². The summed E-state index contributed by atoms with van der Waals surface area (Å²) in [6.07, 6.45) is 0. The molecule has 0 heterocycles. The van der Waals surface area contributed by atoms with E-state index in [0.717, 1.165) is 6.54 Å². The van der Waals surface area contributed by atoms with Crippen molar-refractivity contribution in [1.82, 2.24) is 5.32 Å². The monoisotopic (exact) mass is 225 g/mol. The molecule has 1 heteroatoms. The van der Waals surface area contributed by atoms with Gasteiger partial charge in [0, 0.05) is 12.6 Å². The van der Waals surface area contributed by atoms with Gasteiger partial charge in [-0.15, -0.1) is 0 Å². The Morgan fingerprint density at radius 2 is 1.76 bits per heavy atom. The number of hydrogen-bond donors (Lipinski definition) is 1. The molecule has 0 aliphatic rings. The molecule has 0 fully saturated rings. The van der Waals surface area contributed by atoms with E-state index in [2.05, 4.69) is 73.8 Å². The van der Waals surface area contributed by atoms with Crippen LogP contribution in [0.3, 0.4) is 0 Å². The number of aryl methyl sites for hydroxylation is 1. The van der Waals surface area contributed by atoms with Crippen LogP contribution in [0.15, 0.2) is 54.6 Å². The van der Waals surface area contributed by atoms with Crippen molar-refractivity contribution in [2.24, 2.45) is 0 Å². The third-order valence-electron chi connectivity index (χ3n) is 2.99. The van der Waals surface area contributed by atoms with Gasteiger partial charge in [0.25, 0.3) is 0 Å². The summed E-state index contributed by atoms with van der Waals surface area (Å²) in [5.41, 5.74) is 3.99. The van der Waals surface area contributed by atoms with Crippen LogP contribution in [0.4, 0.5) is 0 Å².